The lowest BCUT2D eigenvalue weighted by atomic mass is 10.2. The standard InChI is InChI=1S/C8H15BrO3S/c1-3-13(11,12)8(2,9)7(10)6-4-5-6/h6-7,10H,3-5H2,1-2H3/t7-,8+/m0/s1. The van der Waals surface area contributed by atoms with Crippen molar-refractivity contribution in [2.24, 2.45) is 5.92 Å². The Morgan fingerprint density at radius 2 is 2.08 bits per heavy atom. The first-order valence-corrected chi connectivity index (χ1v) is 6.86. The number of sulfone groups is 1. The third-order valence-corrected chi connectivity index (χ3v) is 6.75. The molecule has 0 aliphatic heterocycles. The Labute approximate surface area is 87.6 Å². The summed E-state index contributed by atoms with van der Waals surface area (Å²) in [5.74, 6) is 0.212. The van der Waals surface area contributed by atoms with Crippen LogP contribution in [0.25, 0.3) is 0 Å². The molecule has 0 bridgehead atoms. The second-order valence-corrected chi connectivity index (χ2v) is 8.50. The highest BCUT2D eigenvalue weighted by Crippen LogP contribution is 2.43. The predicted molar refractivity (Wildman–Crippen MR) is 55.5 cm³/mol. The van der Waals surface area contributed by atoms with Crippen LogP contribution < -0.4 is 0 Å². The van der Waals surface area contributed by atoms with Gasteiger partial charge >= 0.3 is 0 Å². The molecular formula is C8H15BrO3S. The highest BCUT2D eigenvalue weighted by atomic mass is 79.9. The van der Waals surface area contributed by atoms with Crippen LogP contribution in [0.1, 0.15) is 26.7 Å². The molecule has 1 N–H and O–H groups in total. The van der Waals surface area contributed by atoms with Gasteiger partial charge in [-0.1, -0.05) is 22.9 Å². The summed E-state index contributed by atoms with van der Waals surface area (Å²) in [6, 6.07) is 0. The van der Waals surface area contributed by atoms with Gasteiger partial charge in [-0.3, -0.25) is 0 Å². The maximum atomic E-state index is 11.6. The van der Waals surface area contributed by atoms with Crippen LogP contribution >= 0.6 is 15.9 Å². The van der Waals surface area contributed by atoms with Crippen LogP contribution in [0.4, 0.5) is 0 Å². The largest absolute Gasteiger partial charge is 0.390 e. The summed E-state index contributed by atoms with van der Waals surface area (Å²) < 4.78 is 22.0. The minimum atomic E-state index is -3.24. The molecule has 13 heavy (non-hydrogen) atoms. The van der Waals surface area contributed by atoms with Crippen LogP contribution in [-0.4, -0.2) is 29.0 Å². The summed E-state index contributed by atoms with van der Waals surface area (Å²) >= 11 is 3.13. The fourth-order valence-corrected chi connectivity index (χ4v) is 3.48. The van der Waals surface area contributed by atoms with Crippen molar-refractivity contribution in [3.8, 4) is 0 Å². The van der Waals surface area contributed by atoms with Gasteiger partial charge in [0.15, 0.2) is 9.84 Å². The van der Waals surface area contributed by atoms with Crippen molar-refractivity contribution in [1.29, 1.82) is 0 Å². The van der Waals surface area contributed by atoms with E-state index in [1.165, 1.54) is 6.92 Å². The molecule has 78 valence electrons. The van der Waals surface area contributed by atoms with E-state index in [4.69, 9.17) is 0 Å². The lowest BCUT2D eigenvalue weighted by Gasteiger charge is -2.27. The monoisotopic (exact) mass is 270 g/mol. The molecule has 0 aromatic heterocycles. The fraction of sp³-hybridized carbons (Fsp3) is 1.00. The zero-order chi connectivity index (χ0) is 10.3. The summed E-state index contributed by atoms with van der Waals surface area (Å²) in [6.45, 7) is 3.13. The van der Waals surface area contributed by atoms with Crippen LogP contribution in [-0.2, 0) is 9.84 Å². The molecule has 0 saturated heterocycles. The van der Waals surface area contributed by atoms with Gasteiger partial charge in [-0.25, -0.2) is 8.42 Å². The second kappa shape index (κ2) is 3.51. The van der Waals surface area contributed by atoms with Crippen LogP contribution in [0.5, 0.6) is 0 Å². The van der Waals surface area contributed by atoms with Crippen LogP contribution in [0, 0.1) is 5.92 Å². The van der Waals surface area contributed by atoms with Gasteiger partial charge in [0.2, 0.25) is 0 Å². The van der Waals surface area contributed by atoms with Gasteiger partial charge in [0.05, 0.1) is 6.10 Å². The molecule has 5 heteroatoms. The highest BCUT2D eigenvalue weighted by Gasteiger charge is 2.48. The van der Waals surface area contributed by atoms with Gasteiger partial charge in [0.1, 0.15) is 3.66 Å². The summed E-state index contributed by atoms with van der Waals surface area (Å²) in [4.78, 5) is 0. The van der Waals surface area contributed by atoms with Gasteiger partial charge in [-0.05, 0) is 25.7 Å². The van der Waals surface area contributed by atoms with Gasteiger partial charge < -0.3 is 5.11 Å². The van der Waals surface area contributed by atoms with E-state index >= 15 is 0 Å². The average Bonchev–Trinajstić information content (AvgIpc) is 2.85. The average molecular weight is 271 g/mol. The van der Waals surface area contributed by atoms with Crippen molar-refractivity contribution in [3.05, 3.63) is 0 Å². The Balaban J connectivity index is 2.85. The molecule has 3 nitrogen and oxygen atoms in total. The van der Waals surface area contributed by atoms with Crippen molar-refractivity contribution in [1.82, 2.24) is 0 Å². The maximum absolute atomic E-state index is 11.6. The normalized spacial score (nSPS) is 25.2. The van der Waals surface area contributed by atoms with E-state index in [1.54, 1.807) is 6.92 Å². The van der Waals surface area contributed by atoms with Crippen molar-refractivity contribution >= 4 is 25.8 Å². The van der Waals surface area contributed by atoms with Crippen molar-refractivity contribution < 1.29 is 13.5 Å². The van der Waals surface area contributed by atoms with Crippen molar-refractivity contribution in [3.63, 3.8) is 0 Å². The summed E-state index contributed by atoms with van der Waals surface area (Å²) in [5.41, 5.74) is 0. The Bertz CT molecular complexity index is 280. The fourth-order valence-electron chi connectivity index (χ4n) is 1.30. The minimum absolute atomic E-state index is 0.0541. The second-order valence-electron chi connectivity index (χ2n) is 3.67. The number of alkyl halides is 1. The number of rotatable bonds is 4. The van der Waals surface area contributed by atoms with E-state index in [0.29, 0.717) is 0 Å². The first kappa shape index (κ1) is 11.5. The summed E-state index contributed by atoms with van der Waals surface area (Å²) in [5, 5.41) is 9.76. The zero-order valence-corrected chi connectivity index (χ0v) is 10.2. The summed E-state index contributed by atoms with van der Waals surface area (Å²) in [7, 11) is -3.24. The molecule has 0 amide bonds. The maximum Gasteiger partial charge on any atom is 0.167 e. The Hall–Kier alpha value is 0.390. The van der Waals surface area contributed by atoms with E-state index in [9.17, 15) is 13.5 Å². The predicted octanol–water partition coefficient (Wildman–Crippen LogP) is 1.30. The third-order valence-electron chi connectivity index (χ3n) is 2.58. The van der Waals surface area contributed by atoms with Gasteiger partial charge in [-0.15, -0.1) is 0 Å². The van der Waals surface area contributed by atoms with E-state index in [1.807, 2.05) is 0 Å². The molecular weight excluding hydrogens is 256 g/mol. The molecule has 1 fully saturated rings. The smallest absolute Gasteiger partial charge is 0.167 e. The number of hydrogen-bond acceptors (Lipinski definition) is 3. The first-order valence-electron chi connectivity index (χ1n) is 4.42. The number of hydrogen-bond donors (Lipinski definition) is 1. The van der Waals surface area contributed by atoms with E-state index < -0.39 is 19.6 Å². The van der Waals surface area contributed by atoms with E-state index in [2.05, 4.69) is 15.9 Å². The van der Waals surface area contributed by atoms with Gasteiger partial charge in [-0.2, -0.15) is 0 Å². The van der Waals surface area contributed by atoms with Crippen molar-refractivity contribution in [2.45, 2.75) is 36.4 Å². The minimum Gasteiger partial charge on any atom is -0.390 e. The molecule has 0 radical (unpaired) electrons. The lowest BCUT2D eigenvalue weighted by Crippen LogP contribution is -2.43. The van der Waals surface area contributed by atoms with E-state index in [0.717, 1.165) is 12.8 Å². The van der Waals surface area contributed by atoms with Gasteiger partial charge in [0, 0.05) is 5.75 Å². The summed E-state index contributed by atoms with van der Waals surface area (Å²) in [6.07, 6.45) is 1.08. The van der Waals surface area contributed by atoms with Gasteiger partial charge in [0.25, 0.3) is 0 Å². The Kier molecular flexibility index (Phi) is 3.10. The number of halogens is 1. The molecule has 2 atom stereocenters. The first-order chi connectivity index (χ1) is 5.83. The number of aliphatic hydroxyl groups is 1. The van der Waals surface area contributed by atoms with E-state index in [-0.39, 0.29) is 11.7 Å². The quantitative estimate of drug-likeness (QED) is 0.784. The zero-order valence-electron chi connectivity index (χ0n) is 7.83. The van der Waals surface area contributed by atoms with Crippen molar-refractivity contribution in [2.75, 3.05) is 5.75 Å². The molecule has 1 aliphatic carbocycles. The SMILES string of the molecule is CCS(=O)(=O)[C@@](C)(Br)[C@@H](O)C1CC1. The highest BCUT2D eigenvalue weighted by molar-refractivity contribution is 9.11. The molecule has 1 aliphatic rings. The molecule has 0 aromatic rings. The molecule has 0 unspecified atom stereocenters. The Morgan fingerprint density at radius 3 is 2.38 bits per heavy atom. The Morgan fingerprint density at radius 1 is 1.62 bits per heavy atom. The topological polar surface area (TPSA) is 54.4 Å². The molecule has 1 rings (SSSR count). The van der Waals surface area contributed by atoms with Crippen LogP contribution in [0.2, 0.25) is 0 Å². The van der Waals surface area contributed by atoms with Crippen LogP contribution in [0.15, 0.2) is 0 Å². The molecule has 0 spiro atoms. The molecule has 0 heterocycles. The molecule has 1 saturated carbocycles. The third kappa shape index (κ3) is 2.07. The van der Waals surface area contributed by atoms with Crippen LogP contribution in [0.3, 0.4) is 0 Å². The number of aliphatic hydroxyl groups excluding tert-OH is 1. The lowest BCUT2D eigenvalue weighted by molar-refractivity contribution is 0.141. The molecule has 0 aromatic carbocycles.